The molecule has 0 fully saturated rings. The molecule has 0 saturated carbocycles. The van der Waals surface area contributed by atoms with Gasteiger partial charge in [-0.15, -0.1) is 0 Å². The van der Waals surface area contributed by atoms with Crippen molar-refractivity contribution in [1.82, 2.24) is 0 Å². The highest BCUT2D eigenvalue weighted by Crippen LogP contribution is 2.15. The summed E-state index contributed by atoms with van der Waals surface area (Å²) in [6, 6.07) is 3.06. The lowest BCUT2D eigenvalue weighted by Gasteiger charge is -2.07. The molecule has 0 aliphatic heterocycles. The molecule has 15 heavy (non-hydrogen) atoms. The van der Waals surface area contributed by atoms with Crippen LogP contribution < -0.4 is 5.32 Å². The second kappa shape index (κ2) is 4.87. The van der Waals surface area contributed by atoms with E-state index >= 15 is 0 Å². The predicted octanol–water partition coefficient (Wildman–Crippen LogP) is 2.95. The van der Waals surface area contributed by atoms with Gasteiger partial charge in [-0.25, -0.2) is 8.78 Å². The first-order valence-electron chi connectivity index (χ1n) is 4.74. The molecule has 1 N–H and O–H groups in total. The quantitative estimate of drug-likeness (QED) is 0.821. The fourth-order valence-corrected chi connectivity index (χ4v) is 1.16. The molecule has 0 saturated heterocycles. The molecule has 0 unspecified atom stereocenters. The molecular formula is C11H13F2NO. The molecule has 0 aliphatic rings. The zero-order chi connectivity index (χ0) is 11.4. The van der Waals surface area contributed by atoms with Crippen LogP contribution >= 0.6 is 0 Å². The zero-order valence-electron chi connectivity index (χ0n) is 8.68. The summed E-state index contributed by atoms with van der Waals surface area (Å²) in [5, 5.41) is 2.39. The smallest absolute Gasteiger partial charge is 0.224 e. The molecule has 0 atom stereocenters. The van der Waals surface area contributed by atoms with Gasteiger partial charge in [0.1, 0.15) is 11.6 Å². The topological polar surface area (TPSA) is 29.1 Å². The number of nitrogens with one attached hydrogen (secondary N) is 1. The van der Waals surface area contributed by atoms with E-state index in [-0.39, 0.29) is 17.5 Å². The number of hydrogen-bond donors (Lipinski definition) is 1. The molecule has 0 radical (unpaired) electrons. The summed E-state index contributed by atoms with van der Waals surface area (Å²) in [6.45, 7) is 3.78. The average Bonchev–Trinajstić information content (AvgIpc) is 2.08. The summed E-state index contributed by atoms with van der Waals surface area (Å²) in [5.41, 5.74) is 0.0158. The third-order valence-electron chi connectivity index (χ3n) is 1.80. The Hall–Kier alpha value is -1.45. The molecule has 0 aromatic heterocycles. The third-order valence-corrected chi connectivity index (χ3v) is 1.80. The number of rotatable bonds is 3. The number of halogens is 2. The molecule has 1 rings (SSSR count). The van der Waals surface area contributed by atoms with Crippen LogP contribution in [0.25, 0.3) is 0 Å². The van der Waals surface area contributed by atoms with E-state index in [9.17, 15) is 13.6 Å². The van der Waals surface area contributed by atoms with Crippen LogP contribution in [0.4, 0.5) is 14.5 Å². The van der Waals surface area contributed by atoms with Crippen molar-refractivity contribution in [3.8, 4) is 0 Å². The molecule has 4 heteroatoms. The van der Waals surface area contributed by atoms with E-state index in [0.29, 0.717) is 6.42 Å². The van der Waals surface area contributed by atoms with Crippen LogP contribution in [0.15, 0.2) is 18.2 Å². The maximum absolute atomic E-state index is 13.1. The molecule has 1 aromatic rings. The average molecular weight is 213 g/mol. The Morgan fingerprint density at radius 1 is 1.40 bits per heavy atom. The SMILES string of the molecule is CC(C)CC(=O)Nc1ccc(F)cc1F. The highest BCUT2D eigenvalue weighted by molar-refractivity contribution is 5.90. The van der Waals surface area contributed by atoms with Crippen molar-refractivity contribution in [2.75, 3.05) is 5.32 Å². The van der Waals surface area contributed by atoms with Gasteiger partial charge in [0.2, 0.25) is 5.91 Å². The molecule has 2 nitrogen and oxygen atoms in total. The maximum atomic E-state index is 13.1. The van der Waals surface area contributed by atoms with E-state index in [4.69, 9.17) is 0 Å². The standard InChI is InChI=1S/C11H13F2NO/c1-7(2)5-11(15)14-10-4-3-8(12)6-9(10)13/h3-4,6-7H,5H2,1-2H3,(H,14,15). The van der Waals surface area contributed by atoms with E-state index in [1.807, 2.05) is 13.8 Å². The highest BCUT2D eigenvalue weighted by Gasteiger charge is 2.09. The van der Waals surface area contributed by atoms with E-state index in [1.165, 1.54) is 6.07 Å². The lowest BCUT2D eigenvalue weighted by molar-refractivity contribution is -0.116. The summed E-state index contributed by atoms with van der Waals surface area (Å²) in [6.07, 6.45) is 0.316. The van der Waals surface area contributed by atoms with Gasteiger partial charge in [-0.1, -0.05) is 13.8 Å². The van der Waals surface area contributed by atoms with E-state index < -0.39 is 11.6 Å². The van der Waals surface area contributed by atoms with Crippen molar-refractivity contribution in [2.24, 2.45) is 5.92 Å². The van der Waals surface area contributed by atoms with Crippen molar-refractivity contribution >= 4 is 11.6 Å². The Balaban J connectivity index is 2.68. The first kappa shape index (κ1) is 11.6. The number of carbonyl (C=O) groups excluding carboxylic acids is 1. The maximum Gasteiger partial charge on any atom is 0.224 e. The number of benzene rings is 1. The van der Waals surface area contributed by atoms with Crippen molar-refractivity contribution in [2.45, 2.75) is 20.3 Å². The normalized spacial score (nSPS) is 10.5. The minimum absolute atomic E-state index is 0.0158. The van der Waals surface area contributed by atoms with E-state index in [1.54, 1.807) is 0 Å². The number of hydrogen-bond acceptors (Lipinski definition) is 1. The Morgan fingerprint density at radius 2 is 2.07 bits per heavy atom. The van der Waals surface area contributed by atoms with Gasteiger partial charge in [-0.05, 0) is 18.1 Å². The van der Waals surface area contributed by atoms with Gasteiger partial charge in [0, 0.05) is 12.5 Å². The number of carbonyl (C=O) groups is 1. The van der Waals surface area contributed by atoms with Crippen LogP contribution in [0.2, 0.25) is 0 Å². The van der Waals surface area contributed by atoms with Gasteiger partial charge in [-0.2, -0.15) is 0 Å². The summed E-state index contributed by atoms with van der Waals surface area (Å²) in [4.78, 5) is 11.3. The zero-order valence-corrected chi connectivity index (χ0v) is 8.68. The lowest BCUT2D eigenvalue weighted by Crippen LogP contribution is -2.14. The monoisotopic (exact) mass is 213 g/mol. The fraction of sp³-hybridized carbons (Fsp3) is 0.364. The Bertz CT molecular complexity index is 364. The molecular weight excluding hydrogens is 200 g/mol. The van der Waals surface area contributed by atoms with E-state index in [0.717, 1.165) is 12.1 Å². The Morgan fingerprint density at radius 3 is 2.60 bits per heavy atom. The van der Waals surface area contributed by atoms with Gasteiger partial charge >= 0.3 is 0 Å². The Kier molecular flexibility index (Phi) is 3.77. The Labute approximate surface area is 87.3 Å². The molecule has 0 aliphatic carbocycles. The lowest BCUT2D eigenvalue weighted by atomic mass is 10.1. The molecule has 0 spiro atoms. The van der Waals surface area contributed by atoms with Crippen LogP contribution in [0.3, 0.4) is 0 Å². The second-order valence-corrected chi connectivity index (χ2v) is 3.77. The van der Waals surface area contributed by atoms with Crippen LogP contribution in [-0.4, -0.2) is 5.91 Å². The molecule has 0 bridgehead atoms. The number of anilines is 1. The minimum Gasteiger partial charge on any atom is -0.324 e. The fourth-order valence-electron chi connectivity index (χ4n) is 1.16. The van der Waals surface area contributed by atoms with Gasteiger partial charge < -0.3 is 5.32 Å². The molecule has 1 amide bonds. The van der Waals surface area contributed by atoms with Crippen LogP contribution in [0.1, 0.15) is 20.3 Å². The molecule has 1 aromatic carbocycles. The van der Waals surface area contributed by atoms with E-state index in [2.05, 4.69) is 5.32 Å². The molecule has 0 heterocycles. The van der Waals surface area contributed by atoms with Gasteiger partial charge in [0.25, 0.3) is 0 Å². The summed E-state index contributed by atoms with van der Waals surface area (Å²) in [7, 11) is 0. The summed E-state index contributed by atoms with van der Waals surface area (Å²) in [5.74, 6) is -1.48. The first-order valence-corrected chi connectivity index (χ1v) is 4.74. The van der Waals surface area contributed by atoms with Crippen molar-refractivity contribution in [3.63, 3.8) is 0 Å². The largest absolute Gasteiger partial charge is 0.324 e. The summed E-state index contributed by atoms with van der Waals surface area (Å²) < 4.78 is 25.6. The highest BCUT2D eigenvalue weighted by atomic mass is 19.1. The first-order chi connectivity index (χ1) is 6.99. The van der Waals surface area contributed by atoms with Crippen molar-refractivity contribution in [1.29, 1.82) is 0 Å². The second-order valence-electron chi connectivity index (χ2n) is 3.77. The van der Waals surface area contributed by atoms with Crippen LogP contribution in [0, 0.1) is 17.6 Å². The van der Waals surface area contributed by atoms with Crippen LogP contribution in [0.5, 0.6) is 0 Å². The predicted molar refractivity (Wildman–Crippen MR) is 54.4 cm³/mol. The molecule has 82 valence electrons. The van der Waals surface area contributed by atoms with Gasteiger partial charge in [0.15, 0.2) is 0 Å². The summed E-state index contributed by atoms with van der Waals surface area (Å²) >= 11 is 0. The van der Waals surface area contributed by atoms with Gasteiger partial charge in [0.05, 0.1) is 5.69 Å². The number of amides is 1. The van der Waals surface area contributed by atoms with Crippen LogP contribution in [-0.2, 0) is 4.79 Å². The van der Waals surface area contributed by atoms with Crippen molar-refractivity contribution in [3.05, 3.63) is 29.8 Å². The minimum atomic E-state index is -0.757. The third kappa shape index (κ3) is 3.65. The van der Waals surface area contributed by atoms with Gasteiger partial charge in [-0.3, -0.25) is 4.79 Å². The van der Waals surface area contributed by atoms with Crippen molar-refractivity contribution < 1.29 is 13.6 Å².